The molecule has 370 valence electrons. The normalized spacial score (nSPS) is 11.7. The number of carbonyl (C=O) groups excluding carboxylic acids is 2. The van der Waals surface area contributed by atoms with Crippen LogP contribution in [-0.4, -0.2) is 104 Å². The van der Waals surface area contributed by atoms with Crippen LogP contribution in [0, 0.1) is 0 Å². The summed E-state index contributed by atoms with van der Waals surface area (Å²) in [4.78, 5) is 26.9. The first kappa shape index (κ1) is 57.1. The Morgan fingerprint density at radius 1 is 0.463 bits per heavy atom. The van der Waals surface area contributed by atoms with Crippen molar-refractivity contribution in [3.63, 3.8) is 0 Å². The number of hydrogen-bond acceptors (Lipinski definition) is 13. The van der Waals surface area contributed by atoms with Gasteiger partial charge in [0.15, 0.2) is 8.32 Å². The highest BCUT2D eigenvalue weighted by atomic mass is 28.4. The van der Waals surface area contributed by atoms with Gasteiger partial charge in [-0.05, 0) is 160 Å². The van der Waals surface area contributed by atoms with E-state index in [2.05, 4.69) is 30.2 Å². The third-order valence-electron chi connectivity index (χ3n) is 10.3. The molecule has 1 N–H and O–H groups in total. The Hall–Kier alpha value is -4.21. The summed E-state index contributed by atoms with van der Waals surface area (Å²) in [5.74, 6) is 0.320. The number of nitrogens with one attached hydrogen (secondary N) is 1. The smallest absolute Gasteiger partial charge is 0.423 e. The lowest BCUT2D eigenvalue weighted by atomic mass is 10.2. The first-order valence-corrected chi connectivity index (χ1v) is 31.1. The van der Waals surface area contributed by atoms with E-state index in [9.17, 15) is 9.59 Å². The van der Waals surface area contributed by atoms with Gasteiger partial charge in [-0.3, -0.25) is 0 Å². The number of hydrogen-bond donors (Lipinski definition) is 1. The Kier molecular flexibility index (Phi) is 27.1. The zero-order chi connectivity index (χ0) is 48.8. The number of carbonyl (C=O) groups is 2. The quantitative estimate of drug-likeness (QED) is 0.0216. The third kappa shape index (κ3) is 21.3. The summed E-state index contributed by atoms with van der Waals surface area (Å²) in [5.41, 5.74) is 3.11. The summed E-state index contributed by atoms with van der Waals surface area (Å²) >= 11 is 0. The predicted octanol–water partition coefficient (Wildman–Crippen LogP) is 11.5. The summed E-state index contributed by atoms with van der Waals surface area (Å²) in [5, 5.41) is 3.37. The first-order valence-electron chi connectivity index (χ1n) is 24.1. The van der Waals surface area contributed by atoms with Crippen molar-refractivity contribution in [3.8, 4) is 11.5 Å². The first-order chi connectivity index (χ1) is 32.4. The molecular formula is C51H78N2O11Si3. The van der Waals surface area contributed by atoms with Gasteiger partial charge in [0.25, 0.3) is 0 Å². The molecule has 0 fully saturated rings. The molecule has 0 atom stereocenters. The van der Waals surface area contributed by atoms with Crippen molar-refractivity contribution in [2.24, 2.45) is 0 Å². The van der Waals surface area contributed by atoms with Crippen LogP contribution in [0.2, 0.25) is 31.2 Å². The molecule has 0 saturated heterocycles. The molecule has 0 aromatic heterocycles. The SMILES string of the molecule is CCO[Si](C)(C)CCCN(CCC[Si](OCC)(OCC)OCC)c1ccc(OC(=O)c2ccccc2)cc1.CCO[Si](CCCNc1ccc(OC(=O)c2ccccc2)cc1)(OCC)OCC. The molecule has 0 amide bonds. The highest BCUT2D eigenvalue weighted by Gasteiger charge is 2.40. The Labute approximate surface area is 404 Å². The van der Waals surface area contributed by atoms with Crippen LogP contribution in [0.3, 0.4) is 0 Å². The fourth-order valence-corrected chi connectivity index (χ4v) is 14.5. The molecule has 4 aromatic rings. The highest BCUT2D eigenvalue weighted by Crippen LogP contribution is 2.26. The average molecular weight is 979 g/mol. The number of ether oxygens (including phenoxy) is 2. The van der Waals surface area contributed by atoms with E-state index in [1.165, 1.54) is 0 Å². The number of nitrogens with zero attached hydrogens (tertiary/aromatic N) is 1. The van der Waals surface area contributed by atoms with Crippen LogP contribution < -0.4 is 19.7 Å². The van der Waals surface area contributed by atoms with E-state index in [-0.39, 0.29) is 11.9 Å². The molecular weight excluding hydrogens is 901 g/mol. The van der Waals surface area contributed by atoms with Gasteiger partial charge in [0, 0.05) is 89.3 Å². The van der Waals surface area contributed by atoms with Gasteiger partial charge < -0.3 is 50.7 Å². The Morgan fingerprint density at radius 3 is 1.24 bits per heavy atom. The average Bonchev–Trinajstić information content (AvgIpc) is 3.32. The largest absolute Gasteiger partial charge is 0.500 e. The molecule has 16 heteroatoms. The molecule has 0 aliphatic heterocycles. The summed E-state index contributed by atoms with van der Waals surface area (Å²) < 4.78 is 52.8. The van der Waals surface area contributed by atoms with Crippen LogP contribution in [0.15, 0.2) is 109 Å². The van der Waals surface area contributed by atoms with E-state index in [0.29, 0.717) is 62.3 Å². The molecule has 0 saturated carbocycles. The van der Waals surface area contributed by atoms with Crippen molar-refractivity contribution in [3.05, 3.63) is 120 Å². The zero-order valence-corrected chi connectivity index (χ0v) is 44.6. The van der Waals surface area contributed by atoms with Gasteiger partial charge in [0.05, 0.1) is 11.1 Å². The molecule has 4 rings (SSSR count). The summed E-state index contributed by atoms with van der Waals surface area (Å²) in [6.07, 6.45) is 2.81. The fraction of sp³-hybridized carbons (Fsp3) is 0.490. The molecule has 0 spiro atoms. The Morgan fingerprint density at radius 2 is 0.836 bits per heavy atom. The predicted molar refractivity (Wildman–Crippen MR) is 275 cm³/mol. The standard InChI is InChI=1S/C29H47NO6Si2.C22H31NO5Si/c1-7-32-37(5,6)24-14-22-30(23-15-25-38(33-8-2,34-9-3)35-10-4)27-18-20-28(21-19-27)36-29(31)26-16-12-11-13-17-26;1-4-25-29(26-5-2,27-6-3)18-10-17-23-20-13-15-21(16-14-20)28-22(24)19-11-8-7-9-12-19/h11-13,16-21H,7-10,14-15,22-25H2,1-6H3;7-9,11-16,23H,4-6,10,17-18H2,1-3H3. The van der Waals surface area contributed by atoms with Crippen LogP contribution in [-0.2, 0) is 31.0 Å². The minimum atomic E-state index is -2.69. The van der Waals surface area contributed by atoms with Crippen LogP contribution in [0.25, 0.3) is 0 Å². The summed E-state index contributed by atoms with van der Waals surface area (Å²) in [6, 6.07) is 35.7. The second-order valence-electron chi connectivity index (χ2n) is 15.9. The van der Waals surface area contributed by atoms with Gasteiger partial charge >= 0.3 is 29.5 Å². The van der Waals surface area contributed by atoms with Gasteiger partial charge in [-0.25, -0.2) is 9.59 Å². The van der Waals surface area contributed by atoms with Crippen LogP contribution in [0.1, 0.15) is 88.4 Å². The number of esters is 2. The van der Waals surface area contributed by atoms with E-state index >= 15 is 0 Å². The number of rotatable bonds is 32. The van der Waals surface area contributed by atoms with Gasteiger partial charge in [-0.15, -0.1) is 0 Å². The van der Waals surface area contributed by atoms with Crippen LogP contribution in [0.5, 0.6) is 11.5 Å². The lowest BCUT2D eigenvalue weighted by Gasteiger charge is -2.31. The molecule has 0 aliphatic rings. The lowest BCUT2D eigenvalue weighted by molar-refractivity contribution is 0.0702. The van der Waals surface area contributed by atoms with Crippen LogP contribution in [0.4, 0.5) is 11.4 Å². The summed E-state index contributed by atoms with van der Waals surface area (Å²) in [6.45, 7) is 25.3. The van der Waals surface area contributed by atoms with Crippen molar-refractivity contribution in [2.45, 2.75) is 99.0 Å². The zero-order valence-electron chi connectivity index (χ0n) is 41.6. The Bertz CT molecular complexity index is 1890. The minimum absolute atomic E-state index is 0.359. The van der Waals surface area contributed by atoms with E-state index in [1.807, 2.05) is 114 Å². The molecule has 0 radical (unpaired) electrons. The molecule has 67 heavy (non-hydrogen) atoms. The second-order valence-corrected chi connectivity index (χ2v) is 25.7. The van der Waals surface area contributed by atoms with Crippen molar-refractivity contribution in [1.82, 2.24) is 0 Å². The maximum Gasteiger partial charge on any atom is 0.500 e. The van der Waals surface area contributed by atoms with Crippen LogP contribution >= 0.6 is 0 Å². The monoisotopic (exact) mass is 978 g/mol. The molecule has 13 nitrogen and oxygen atoms in total. The summed E-state index contributed by atoms with van der Waals surface area (Å²) in [7, 11) is -6.94. The third-order valence-corrected chi connectivity index (χ3v) is 19.3. The van der Waals surface area contributed by atoms with Crippen molar-refractivity contribution in [2.75, 3.05) is 76.1 Å². The van der Waals surface area contributed by atoms with Crippen molar-refractivity contribution in [1.29, 1.82) is 0 Å². The lowest BCUT2D eigenvalue weighted by Crippen LogP contribution is -2.46. The van der Waals surface area contributed by atoms with Gasteiger partial charge in [0.1, 0.15) is 11.5 Å². The minimum Gasteiger partial charge on any atom is -0.423 e. The van der Waals surface area contributed by atoms with Crippen molar-refractivity contribution < 1.29 is 50.0 Å². The van der Waals surface area contributed by atoms with E-state index in [4.69, 9.17) is 40.5 Å². The number of benzene rings is 4. The molecule has 0 unspecified atom stereocenters. The van der Waals surface area contributed by atoms with E-state index < -0.39 is 25.9 Å². The maximum atomic E-state index is 12.4. The van der Waals surface area contributed by atoms with Gasteiger partial charge in [-0.1, -0.05) is 36.4 Å². The van der Waals surface area contributed by atoms with E-state index in [0.717, 1.165) is 75.0 Å². The fourth-order valence-electron chi connectivity index (χ4n) is 7.40. The highest BCUT2D eigenvalue weighted by molar-refractivity contribution is 6.71. The molecule has 0 aliphatic carbocycles. The topological polar surface area (TPSA) is 132 Å². The Balaban J connectivity index is 0.000000368. The van der Waals surface area contributed by atoms with Gasteiger partial charge in [0.2, 0.25) is 0 Å². The maximum absolute atomic E-state index is 12.4. The number of anilines is 2. The molecule has 0 heterocycles. The van der Waals surface area contributed by atoms with Gasteiger partial charge in [-0.2, -0.15) is 0 Å². The molecule has 0 bridgehead atoms. The second kappa shape index (κ2) is 31.8. The van der Waals surface area contributed by atoms with E-state index in [1.54, 1.807) is 36.4 Å². The van der Waals surface area contributed by atoms with Crippen molar-refractivity contribution >= 4 is 49.2 Å². The molecule has 4 aromatic carbocycles.